The van der Waals surface area contributed by atoms with Gasteiger partial charge in [0.1, 0.15) is 0 Å². The maximum Gasteiger partial charge on any atom is 0.468 e. The van der Waals surface area contributed by atoms with Crippen molar-refractivity contribution in [1.82, 2.24) is 9.80 Å². The van der Waals surface area contributed by atoms with Gasteiger partial charge in [-0.2, -0.15) is 0 Å². The van der Waals surface area contributed by atoms with Crippen LogP contribution >= 0.6 is 0 Å². The van der Waals surface area contributed by atoms with Crippen LogP contribution in [-0.2, 0) is 0 Å². The Bertz CT molecular complexity index is 225. The van der Waals surface area contributed by atoms with E-state index < -0.39 is 0 Å². The lowest BCUT2D eigenvalue weighted by atomic mass is 10.4. The van der Waals surface area contributed by atoms with Crippen LogP contribution in [0.4, 0.5) is 4.79 Å². The molecular weight excluding hydrogens is 200 g/mol. The second-order valence-corrected chi connectivity index (χ2v) is 3.25. The molecule has 2 amide bonds. The molecule has 0 heterocycles. The summed E-state index contributed by atoms with van der Waals surface area (Å²) in [5, 5.41) is 0. The molecule has 0 unspecified atom stereocenters. The van der Waals surface area contributed by atoms with Crippen molar-refractivity contribution in [3.8, 4) is 0 Å². The van der Waals surface area contributed by atoms with E-state index in [-0.39, 0.29) is 6.03 Å². The van der Waals surface area contributed by atoms with E-state index in [0.717, 1.165) is 0 Å². The quantitative estimate of drug-likeness (QED) is 0.455. The van der Waals surface area contributed by atoms with Gasteiger partial charge in [0, 0.05) is 13.1 Å². The van der Waals surface area contributed by atoms with E-state index in [1.165, 1.54) is 0 Å². The molecule has 0 aliphatic rings. The van der Waals surface area contributed by atoms with Crippen LogP contribution in [0.2, 0.25) is 0 Å². The van der Waals surface area contributed by atoms with Gasteiger partial charge in [0.2, 0.25) is 0 Å². The highest BCUT2D eigenvalue weighted by Gasteiger charge is 2.28. The normalized spacial score (nSPS) is 9.56. The predicted octanol–water partition coefficient (Wildman–Crippen LogP) is 2.29. The molecule has 0 rings (SSSR count). The molecule has 3 nitrogen and oxygen atoms in total. The Morgan fingerprint density at radius 1 is 0.938 bits per heavy atom. The lowest BCUT2D eigenvalue weighted by Gasteiger charge is -2.18. The lowest BCUT2D eigenvalue weighted by Crippen LogP contribution is -2.47. The molecule has 0 aliphatic heterocycles. The summed E-state index contributed by atoms with van der Waals surface area (Å²) < 4.78 is 0. The molecule has 0 aromatic rings. The van der Waals surface area contributed by atoms with Gasteiger partial charge in [-0.1, -0.05) is 30.2 Å². The highest BCUT2D eigenvalue weighted by Crippen LogP contribution is 1.98. The molecule has 1 radical (unpaired) electrons. The molecule has 0 aromatic heterocycles. The zero-order chi connectivity index (χ0) is 12.4. The topological polar surface area (TPSA) is 26.2 Å². The first-order valence-corrected chi connectivity index (χ1v) is 5.18. The third-order valence-electron chi connectivity index (χ3n) is 1.94. The van der Waals surface area contributed by atoms with Crippen molar-refractivity contribution < 1.29 is 4.79 Å². The number of nitrogens with zero attached hydrogens (tertiary/aromatic N) is 2. The zero-order valence-electron chi connectivity index (χ0n) is 9.77. The minimum atomic E-state index is -0.0559. The van der Waals surface area contributed by atoms with Gasteiger partial charge in [-0.05, 0) is 12.2 Å². The van der Waals surface area contributed by atoms with E-state index in [1.54, 1.807) is 34.1 Å². The fourth-order valence-electron chi connectivity index (χ4n) is 1.28. The molecular formula is C13H20N2O+. The molecule has 0 aliphatic carbocycles. The summed E-state index contributed by atoms with van der Waals surface area (Å²) in [5.74, 6) is 0. The van der Waals surface area contributed by atoms with Gasteiger partial charge in [-0.15, -0.1) is 13.2 Å². The number of urea groups is 1. The maximum absolute atomic E-state index is 12.1. The van der Waals surface area contributed by atoms with Crippen molar-refractivity contribution >= 4 is 6.03 Å². The van der Waals surface area contributed by atoms with Crippen LogP contribution in [0.3, 0.4) is 0 Å². The number of carbonyl (C=O) groups excluding carboxylic acids is 1. The van der Waals surface area contributed by atoms with Gasteiger partial charge in [0.05, 0.1) is 0 Å². The van der Waals surface area contributed by atoms with Gasteiger partial charge in [-0.25, -0.2) is 4.79 Å². The molecule has 0 spiro atoms. The average Bonchev–Trinajstić information content (AvgIpc) is 2.27. The molecule has 0 fully saturated rings. The minimum Gasteiger partial charge on any atom is -0.281 e. The van der Waals surface area contributed by atoms with Crippen molar-refractivity contribution in [1.29, 1.82) is 0 Å². The average molecular weight is 220 g/mol. The first-order chi connectivity index (χ1) is 7.71. The summed E-state index contributed by atoms with van der Waals surface area (Å²) in [4.78, 5) is 15.4. The molecule has 87 valence electrons. The Kier molecular flexibility index (Phi) is 7.81. The largest absolute Gasteiger partial charge is 0.468 e. The molecule has 0 saturated heterocycles. The van der Waals surface area contributed by atoms with Crippen LogP contribution in [-0.4, -0.2) is 37.1 Å². The monoisotopic (exact) mass is 220 g/mol. The Labute approximate surface area is 98.0 Å². The number of carbonyl (C=O) groups is 1. The van der Waals surface area contributed by atoms with Crippen molar-refractivity contribution in [3.05, 3.63) is 50.6 Å². The first-order valence-electron chi connectivity index (χ1n) is 5.18. The molecule has 0 saturated carbocycles. The highest BCUT2D eigenvalue weighted by molar-refractivity contribution is 5.77. The van der Waals surface area contributed by atoms with Crippen molar-refractivity contribution in [2.45, 2.75) is 0 Å². The Hall–Kier alpha value is -1.61. The molecule has 0 atom stereocenters. The lowest BCUT2D eigenvalue weighted by molar-refractivity contribution is 0.193. The number of hydrogen-bond acceptors (Lipinski definition) is 1. The van der Waals surface area contributed by atoms with Crippen molar-refractivity contribution in [3.63, 3.8) is 0 Å². The molecule has 0 aromatic carbocycles. The first kappa shape index (κ1) is 14.4. The number of hydrogen-bond donors (Lipinski definition) is 0. The zero-order valence-corrected chi connectivity index (χ0v) is 9.77. The molecule has 3 heteroatoms. The fourth-order valence-corrected chi connectivity index (χ4v) is 1.28. The van der Waals surface area contributed by atoms with Crippen molar-refractivity contribution in [2.24, 2.45) is 0 Å². The van der Waals surface area contributed by atoms with E-state index in [4.69, 9.17) is 0 Å². The smallest absolute Gasteiger partial charge is 0.281 e. The summed E-state index contributed by atoms with van der Waals surface area (Å²) in [6.45, 7) is 16.6. The molecule has 0 N–H and O–H groups in total. The third kappa shape index (κ3) is 4.75. The molecule has 0 bridgehead atoms. The van der Waals surface area contributed by atoms with Gasteiger partial charge in [0.15, 0.2) is 13.1 Å². The number of rotatable bonds is 8. The Morgan fingerprint density at radius 2 is 1.38 bits per heavy atom. The standard InChI is InChI=1S/C13H20N2O/c1-5-9-14(10-6-2)13(16)15(11-7-3)12-8-4/h5-8H,1-4,9-12H2/q+1. The minimum absolute atomic E-state index is 0.0559. The van der Waals surface area contributed by atoms with Crippen LogP contribution in [0.15, 0.2) is 50.6 Å². The van der Waals surface area contributed by atoms with Gasteiger partial charge in [-0.3, -0.25) is 4.90 Å². The van der Waals surface area contributed by atoms with E-state index in [1.807, 2.05) is 0 Å². The Balaban J connectivity index is 4.61. The highest BCUT2D eigenvalue weighted by atomic mass is 16.2. The number of amides is 2. The Morgan fingerprint density at radius 3 is 1.69 bits per heavy atom. The van der Waals surface area contributed by atoms with E-state index in [9.17, 15) is 4.79 Å². The van der Waals surface area contributed by atoms with E-state index in [2.05, 4.69) is 26.3 Å². The fraction of sp³-hybridized carbons (Fsp3) is 0.308. The second-order valence-electron chi connectivity index (χ2n) is 3.25. The van der Waals surface area contributed by atoms with Crippen LogP contribution in [0.1, 0.15) is 0 Å². The molecule has 16 heavy (non-hydrogen) atoms. The summed E-state index contributed by atoms with van der Waals surface area (Å²) in [5.41, 5.74) is 0. The van der Waals surface area contributed by atoms with E-state index >= 15 is 0 Å². The van der Waals surface area contributed by atoms with Gasteiger partial charge in [0.25, 0.3) is 0 Å². The SMILES string of the molecule is C=CCN(CC=C)C(=O)[N+](CC=C)CC=C. The summed E-state index contributed by atoms with van der Waals surface area (Å²) >= 11 is 0. The summed E-state index contributed by atoms with van der Waals surface area (Å²) in [7, 11) is 0. The van der Waals surface area contributed by atoms with Crippen LogP contribution in [0.5, 0.6) is 0 Å². The summed E-state index contributed by atoms with van der Waals surface area (Å²) in [6.07, 6.45) is 6.78. The second kappa shape index (κ2) is 8.68. The third-order valence-corrected chi connectivity index (χ3v) is 1.94. The summed E-state index contributed by atoms with van der Waals surface area (Å²) in [6, 6.07) is -0.0559. The van der Waals surface area contributed by atoms with Crippen LogP contribution in [0, 0.1) is 0 Å². The van der Waals surface area contributed by atoms with Crippen molar-refractivity contribution in [2.75, 3.05) is 26.2 Å². The predicted molar refractivity (Wildman–Crippen MR) is 69.6 cm³/mol. The van der Waals surface area contributed by atoms with E-state index in [0.29, 0.717) is 26.2 Å². The van der Waals surface area contributed by atoms with Gasteiger partial charge >= 0.3 is 6.03 Å². The van der Waals surface area contributed by atoms with Crippen LogP contribution < -0.4 is 4.90 Å². The van der Waals surface area contributed by atoms with Crippen LogP contribution in [0.25, 0.3) is 0 Å². The maximum atomic E-state index is 12.1. The van der Waals surface area contributed by atoms with Gasteiger partial charge < -0.3 is 0 Å².